The Morgan fingerprint density at radius 1 is 1.43 bits per heavy atom. The van der Waals surface area contributed by atoms with Crippen molar-refractivity contribution in [3.05, 3.63) is 23.3 Å². The Bertz CT molecular complexity index is 393. The van der Waals surface area contributed by atoms with E-state index in [1.165, 1.54) is 0 Å². The molecule has 0 amide bonds. The monoisotopic (exact) mass is 207 g/mol. The maximum atomic E-state index is 9.67. The molecular formula is C11H13NOS. The third-order valence-electron chi connectivity index (χ3n) is 2.13. The summed E-state index contributed by atoms with van der Waals surface area (Å²) in [5, 5.41) is 12.0. The molecule has 0 bridgehead atoms. The zero-order valence-electron chi connectivity index (χ0n) is 8.53. The summed E-state index contributed by atoms with van der Waals surface area (Å²) >= 11 is 4.56. The van der Waals surface area contributed by atoms with Crippen LogP contribution >= 0.6 is 12.2 Å². The van der Waals surface area contributed by atoms with Gasteiger partial charge in [0.2, 0.25) is 0 Å². The van der Waals surface area contributed by atoms with E-state index in [-0.39, 0.29) is 5.92 Å². The van der Waals surface area contributed by atoms with Gasteiger partial charge < -0.3 is 5.11 Å². The Morgan fingerprint density at radius 2 is 2.07 bits per heavy atom. The van der Waals surface area contributed by atoms with Crippen molar-refractivity contribution in [2.24, 2.45) is 4.99 Å². The fraction of sp³-hybridized carbons (Fsp3) is 0.364. The third kappa shape index (κ3) is 2.19. The Balaban J connectivity index is 3.34. The second-order valence-corrected chi connectivity index (χ2v) is 3.74. The highest BCUT2D eigenvalue weighted by atomic mass is 32.1. The molecule has 0 aliphatic heterocycles. The van der Waals surface area contributed by atoms with Crippen molar-refractivity contribution in [2.75, 3.05) is 0 Å². The van der Waals surface area contributed by atoms with Crippen molar-refractivity contribution in [1.29, 1.82) is 0 Å². The van der Waals surface area contributed by atoms with Crippen LogP contribution in [0.2, 0.25) is 0 Å². The first-order chi connectivity index (χ1) is 6.56. The molecule has 74 valence electrons. The van der Waals surface area contributed by atoms with Crippen LogP contribution in [0.3, 0.4) is 0 Å². The number of thiocarbonyl (C=S) groups is 1. The van der Waals surface area contributed by atoms with Gasteiger partial charge in [-0.1, -0.05) is 13.8 Å². The van der Waals surface area contributed by atoms with E-state index in [2.05, 4.69) is 22.4 Å². The van der Waals surface area contributed by atoms with Crippen LogP contribution < -0.4 is 0 Å². The molecule has 0 fully saturated rings. The van der Waals surface area contributed by atoms with Gasteiger partial charge in [-0.2, -0.15) is 4.99 Å². The average molecular weight is 207 g/mol. The molecule has 0 heterocycles. The maximum Gasteiger partial charge on any atom is 0.119 e. The Hall–Kier alpha value is -1.18. The van der Waals surface area contributed by atoms with E-state index in [0.717, 1.165) is 16.8 Å². The Kier molecular flexibility index (Phi) is 3.39. The molecule has 0 aromatic heterocycles. The van der Waals surface area contributed by atoms with Gasteiger partial charge in [-0.3, -0.25) is 0 Å². The van der Waals surface area contributed by atoms with Gasteiger partial charge in [0.05, 0.1) is 10.8 Å². The minimum Gasteiger partial charge on any atom is -0.508 e. The molecule has 0 atom stereocenters. The lowest BCUT2D eigenvalue weighted by atomic mass is 9.99. The van der Waals surface area contributed by atoms with Crippen molar-refractivity contribution in [1.82, 2.24) is 0 Å². The van der Waals surface area contributed by atoms with Gasteiger partial charge in [0.15, 0.2) is 0 Å². The second kappa shape index (κ2) is 4.36. The number of benzene rings is 1. The number of hydrogen-bond donors (Lipinski definition) is 1. The van der Waals surface area contributed by atoms with Crippen LogP contribution in [0, 0.1) is 6.92 Å². The van der Waals surface area contributed by atoms with Crippen molar-refractivity contribution in [3.8, 4) is 5.75 Å². The summed E-state index contributed by atoms with van der Waals surface area (Å²) in [7, 11) is 0. The van der Waals surface area contributed by atoms with Crippen molar-refractivity contribution in [2.45, 2.75) is 26.7 Å². The molecule has 0 spiro atoms. The summed E-state index contributed by atoms with van der Waals surface area (Å²) < 4.78 is 0. The first-order valence-corrected chi connectivity index (χ1v) is 4.88. The number of phenols is 1. The zero-order chi connectivity index (χ0) is 10.7. The smallest absolute Gasteiger partial charge is 0.119 e. The molecule has 0 radical (unpaired) electrons. The van der Waals surface area contributed by atoms with Gasteiger partial charge >= 0.3 is 0 Å². The highest BCUT2D eigenvalue weighted by molar-refractivity contribution is 7.78. The number of aliphatic imine (C=N–C) groups is 1. The van der Waals surface area contributed by atoms with Crippen LogP contribution in [-0.4, -0.2) is 10.3 Å². The Morgan fingerprint density at radius 3 is 2.57 bits per heavy atom. The lowest BCUT2D eigenvalue weighted by molar-refractivity contribution is 0.464. The number of isothiocyanates is 1. The fourth-order valence-corrected chi connectivity index (χ4v) is 1.43. The lowest BCUT2D eigenvalue weighted by Crippen LogP contribution is -1.89. The predicted octanol–water partition coefficient (Wildman–Crippen LogP) is 3.56. The quantitative estimate of drug-likeness (QED) is 0.594. The highest BCUT2D eigenvalue weighted by Gasteiger charge is 2.08. The van der Waals surface area contributed by atoms with Gasteiger partial charge in [-0.05, 0) is 48.3 Å². The van der Waals surface area contributed by atoms with Gasteiger partial charge in [0, 0.05) is 0 Å². The molecule has 0 aliphatic rings. The number of aromatic hydroxyl groups is 1. The predicted molar refractivity (Wildman–Crippen MR) is 61.6 cm³/mol. The molecule has 0 aliphatic carbocycles. The molecule has 0 saturated carbocycles. The summed E-state index contributed by atoms with van der Waals surface area (Å²) in [6.07, 6.45) is 0. The molecule has 14 heavy (non-hydrogen) atoms. The van der Waals surface area contributed by atoms with E-state index in [4.69, 9.17) is 0 Å². The van der Waals surface area contributed by atoms with E-state index < -0.39 is 0 Å². The van der Waals surface area contributed by atoms with Gasteiger partial charge in [0.1, 0.15) is 5.75 Å². The van der Waals surface area contributed by atoms with Crippen molar-refractivity contribution < 1.29 is 5.11 Å². The molecule has 0 saturated heterocycles. The summed E-state index contributed by atoms with van der Waals surface area (Å²) in [6, 6.07) is 3.56. The van der Waals surface area contributed by atoms with Gasteiger partial charge in [-0.25, -0.2) is 0 Å². The van der Waals surface area contributed by atoms with Crippen molar-refractivity contribution in [3.63, 3.8) is 0 Å². The molecule has 3 heteroatoms. The number of rotatable bonds is 2. The largest absolute Gasteiger partial charge is 0.508 e. The molecule has 1 N–H and O–H groups in total. The number of phenolic OH excluding ortho intramolecular Hbond substituents is 1. The van der Waals surface area contributed by atoms with Gasteiger partial charge in [-0.15, -0.1) is 0 Å². The van der Waals surface area contributed by atoms with E-state index in [0.29, 0.717) is 5.75 Å². The Labute approximate surface area is 89.3 Å². The fourth-order valence-electron chi connectivity index (χ4n) is 1.33. The van der Waals surface area contributed by atoms with Crippen LogP contribution in [-0.2, 0) is 0 Å². The van der Waals surface area contributed by atoms with Crippen LogP contribution in [0.15, 0.2) is 17.1 Å². The average Bonchev–Trinajstić information content (AvgIpc) is 2.09. The molecule has 1 aromatic carbocycles. The number of nitrogens with zero attached hydrogens (tertiary/aromatic N) is 1. The maximum absolute atomic E-state index is 9.67. The van der Waals surface area contributed by atoms with E-state index in [1.54, 1.807) is 6.07 Å². The van der Waals surface area contributed by atoms with E-state index in [1.807, 2.05) is 26.8 Å². The van der Waals surface area contributed by atoms with E-state index in [9.17, 15) is 5.11 Å². The minimum atomic E-state index is 0.273. The molecular weight excluding hydrogens is 194 g/mol. The summed E-state index contributed by atoms with van der Waals surface area (Å²) in [5.74, 6) is 0.593. The van der Waals surface area contributed by atoms with Crippen LogP contribution in [0.1, 0.15) is 30.9 Å². The molecule has 0 unspecified atom stereocenters. The minimum absolute atomic E-state index is 0.273. The highest BCUT2D eigenvalue weighted by Crippen LogP contribution is 2.32. The summed E-state index contributed by atoms with van der Waals surface area (Å²) in [6.45, 7) is 5.93. The topological polar surface area (TPSA) is 32.6 Å². The zero-order valence-corrected chi connectivity index (χ0v) is 9.35. The van der Waals surface area contributed by atoms with Crippen LogP contribution in [0.5, 0.6) is 5.75 Å². The normalized spacial score (nSPS) is 10.0. The first-order valence-electron chi connectivity index (χ1n) is 4.47. The second-order valence-electron chi connectivity index (χ2n) is 3.56. The lowest BCUT2D eigenvalue weighted by Gasteiger charge is -2.10. The summed E-state index contributed by atoms with van der Waals surface area (Å²) in [5.41, 5.74) is 2.57. The van der Waals surface area contributed by atoms with Crippen molar-refractivity contribution >= 4 is 23.1 Å². The molecule has 1 aromatic rings. The third-order valence-corrected chi connectivity index (χ3v) is 2.22. The summed E-state index contributed by atoms with van der Waals surface area (Å²) in [4.78, 5) is 3.94. The van der Waals surface area contributed by atoms with E-state index >= 15 is 0 Å². The van der Waals surface area contributed by atoms with Gasteiger partial charge in [0.25, 0.3) is 0 Å². The first kappa shape index (κ1) is 10.9. The molecule has 2 nitrogen and oxygen atoms in total. The standard InChI is InChI=1S/C11H13NOS/c1-7(2)9-5-10(12-6-14)8(3)4-11(9)13/h4-5,7,13H,1-3H3. The molecule has 1 rings (SSSR count). The number of hydrogen-bond acceptors (Lipinski definition) is 3. The number of aryl methyl sites for hydroxylation is 1. The SMILES string of the molecule is Cc1cc(O)c(C(C)C)cc1N=C=S. The van der Waals surface area contributed by atoms with Crippen LogP contribution in [0.4, 0.5) is 5.69 Å². The van der Waals surface area contributed by atoms with Crippen LogP contribution in [0.25, 0.3) is 0 Å².